The molecule has 0 bridgehead atoms. The van der Waals surface area contributed by atoms with Crippen LogP contribution in [0.2, 0.25) is 0 Å². The predicted octanol–water partition coefficient (Wildman–Crippen LogP) is 0.317. The molecule has 0 aromatic heterocycles. The van der Waals surface area contributed by atoms with E-state index in [4.69, 9.17) is 15.2 Å². The minimum atomic E-state index is 0.288. The van der Waals surface area contributed by atoms with Gasteiger partial charge >= 0.3 is 0 Å². The van der Waals surface area contributed by atoms with Crippen molar-refractivity contribution in [1.82, 2.24) is 4.90 Å². The van der Waals surface area contributed by atoms with Crippen LogP contribution in [0, 0.1) is 5.92 Å². The molecule has 15 heavy (non-hydrogen) atoms. The van der Waals surface area contributed by atoms with E-state index >= 15 is 0 Å². The molecule has 4 heteroatoms. The molecule has 4 nitrogen and oxygen atoms in total. The van der Waals surface area contributed by atoms with Crippen LogP contribution in [-0.2, 0) is 9.47 Å². The van der Waals surface area contributed by atoms with Crippen LogP contribution in [0.4, 0.5) is 0 Å². The molecule has 1 aliphatic heterocycles. The fourth-order valence-electron chi connectivity index (χ4n) is 1.92. The molecule has 1 rings (SSSR count). The van der Waals surface area contributed by atoms with Gasteiger partial charge in [-0.2, -0.15) is 0 Å². The number of ether oxygens (including phenoxy) is 2. The normalized spacial score (nSPS) is 29.4. The fraction of sp³-hybridized carbons (Fsp3) is 1.00. The molecule has 0 amide bonds. The van der Waals surface area contributed by atoms with Gasteiger partial charge in [-0.1, -0.05) is 0 Å². The largest absolute Gasteiger partial charge is 0.383 e. The van der Waals surface area contributed by atoms with Gasteiger partial charge in [-0.15, -0.1) is 0 Å². The van der Waals surface area contributed by atoms with E-state index in [9.17, 15) is 0 Å². The van der Waals surface area contributed by atoms with E-state index in [-0.39, 0.29) is 6.04 Å². The second kappa shape index (κ2) is 6.43. The summed E-state index contributed by atoms with van der Waals surface area (Å²) < 4.78 is 10.6. The van der Waals surface area contributed by atoms with Crippen molar-refractivity contribution >= 4 is 0 Å². The third kappa shape index (κ3) is 4.07. The van der Waals surface area contributed by atoms with E-state index in [1.807, 2.05) is 0 Å². The fourth-order valence-corrected chi connectivity index (χ4v) is 1.92. The van der Waals surface area contributed by atoms with Gasteiger partial charge < -0.3 is 20.1 Å². The average molecular weight is 216 g/mol. The van der Waals surface area contributed by atoms with Crippen LogP contribution in [0.25, 0.3) is 0 Å². The summed E-state index contributed by atoms with van der Waals surface area (Å²) >= 11 is 0. The van der Waals surface area contributed by atoms with E-state index in [2.05, 4.69) is 18.9 Å². The lowest BCUT2D eigenvalue weighted by Crippen LogP contribution is -2.46. The molecule has 1 aliphatic rings. The highest BCUT2D eigenvalue weighted by molar-refractivity contribution is 4.79. The molecule has 1 heterocycles. The Kier molecular flexibility index (Phi) is 5.53. The molecule has 0 radical (unpaired) electrons. The van der Waals surface area contributed by atoms with Crippen LogP contribution >= 0.6 is 0 Å². The summed E-state index contributed by atoms with van der Waals surface area (Å²) in [6.45, 7) is 5.53. The SMILES string of the molecule is COCC(C)N(C)CC1COCCC1N. The van der Waals surface area contributed by atoms with E-state index in [1.54, 1.807) is 7.11 Å². The highest BCUT2D eigenvalue weighted by atomic mass is 16.5. The van der Waals surface area contributed by atoms with Crippen molar-refractivity contribution in [2.45, 2.75) is 25.4 Å². The van der Waals surface area contributed by atoms with Gasteiger partial charge in [0.2, 0.25) is 0 Å². The lowest BCUT2D eigenvalue weighted by Gasteiger charge is -2.34. The van der Waals surface area contributed by atoms with Crippen molar-refractivity contribution in [1.29, 1.82) is 0 Å². The van der Waals surface area contributed by atoms with Crippen molar-refractivity contribution in [2.24, 2.45) is 11.7 Å². The van der Waals surface area contributed by atoms with Crippen molar-refractivity contribution < 1.29 is 9.47 Å². The molecule has 1 saturated heterocycles. The molecular formula is C11H24N2O2. The summed E-state index contributed by atoms with van der Waals surface area (Å²) in [5.74, 6) is 0.461. The van der Waals surface area contributed by atoms with E-state index in [0.29, 0.717) is 12.0 Å². The number of rotatable bonds is 5. The topological polar surface area (TPSA) is 47.7 Å². The number of nitrogens with two attached hydrogens (primary N) is 1. The Labute approximate surface area is 92.7 Å². The molecule has 3 unspecified atom stereocenters. The summed E-state index contributed by atoms with van der Waals surface area (Å²) in [5.41, 5.74) is 6.06. The molecule has 0 aliphatic carbocycles. The number of nitrogens with zero attached hydrogens (tertiary/aromatic N) is 1. The number of likely N-dealkylation sites (N-methyl/N-ethyl adjacent to an activating group) is 1. The molecule has 90 valence electrons. The summed E-state index contributed by atoms with van der Waals surface area (Å²) in [6, 6.07) is 0.722. The second-order valence-corrected chi connectivity index (χ2v) is 4.53. The third-order valence-corrected chi connectivity index (χ3v) is 3.22. The molecule has 3 atom stereocenters. The Hall–Kier alpha value is -0.160. The second-order valence-electron chi connectivity index (χ2n) is 4.53. The maximum absolute atomic E-state index is 6.06. The van der Waals surface area contributed by atoms with Crippen molar-refractivity contribution in [3.05, 3.63) is 0 Å². The summed E-state index contributed by atoms with van der Waals surface area (Å²) in [4.78, 5) is 2.29. The van der Waals surface area contributed by atoms with Crippen LogP contribution in [-0.4, -0.2) is 57.5 Å². The Morgan fingerprint density at radius 2 is 2.33 bits per heavy atom. The van der Waals surface area contributed by atoms with Gasteiger partial charge in [-0.05, 0) is 20.4 Å². The zero-order valence-electron chi connectivity index (χ0n) is 10.1. The smallest absolute Gasteiger partial charge is 0.0615 e. The monoisotopic (exact) mass is 216 g/mol. The first-order valence-corrected chi connectivity index (χ1v) is 5.67. The zero-order valence-corrected chi connectivity index (χ0v) is 10.1. The minimum absolute atomic E-state index is 0.288. The van der Waals surface area contributed by atoms with Crippen LogP contribution in [0.1, 0.15) is 13.3 Å². The zero-order chi connectivity index (χ0) is 11.3. The van der Waals surface area contributed by atoms with Crippen LogP contribution in [0.15, 0.2) is 0 Å². The maximum Gasteiger partial charge on any atom is 0.0615 e. The third-order valence-electron chi connectivity index (χ3n) is 3.22. The highest BCUT2D eigenvalue weighted by Gasteiger charge is 2.24. The Morgan fingerprint density at radius 1 is 1.60 bits per heavy atom. The van der Waals surface area contributed by atoms with Gasteiger partial charge in [0, 0.05) is 38.3 Å². The molecule has 2 N–H and O–H groups in total. The summed E-state index contributed by atoms with van der Waals surface area (Å²) in [5, 5.41) is 0. The lowest BCUT2D eigenvalue weighted by molar-refractivity contribution is 0.0182. The molecular weight excluding hydrogens is 192 g/mol. The lowest BCUT2D eigenvalue weighted by atomic mass is 9.96. The van der Waals surface area contributed by atoms with Crippen LogP contribution in [0.5, 0.6) is 0 Å². The van der Waals surface area contributed by atoms with Gasteiger partial charge in [0.25, 0.3) is 0 Å². The maximum atomic E-state index is 6.06. The van der Waals surface area contributed by atoms with Crippen LogP contribution in [0.3, 0.4) is 0 Å². The first kappa shape index (κ1) is 12.9. The molecule has 0 spiro atoms. The summed E-state index contributed by atoms with van der Waals surface area (Å²) in [7, 11) is 3.85. The standard InChI is InChI=1S/C11H24N2O2/c1-9(7-14-3)13(2)6-10-8-15-5-4-11(10)12/h9-11H,4-8,12H2,1-3H3. The van der Waals surface area contributed by atoms with E-state index < -0.39 is 0 Å². The summed E-state index contributed by atoms with van der Waals surface area (Å²) in [6.07, 6.45) is 0.983. The van der Waals surface area contributed by atoms with Gasteiger partial charge in [-0.25, -0.2) is 0 Å². The van der Waals surface area contributed by atoms with Gasteiger partial charge in [0.05, 0.1) is 13.2 Å². The van der Waals surface area contributed by atoms with Gasteiger partial charge in [-0.3, -0.25) is 0 Å². The van der Waals surface area contributed by atoms with E-state index in [0.717, 1.165) is 32.8 Å². The number of methoxy groups -OCH3 is 1. The van der Waals surface area contributed by atoms with Crippen molar-refractivity contribution in [3.63, 3.8) is 0 Å². The quantitative estimate of drug-likeness (QED) is 0.719. The molecule has 1 fully saturated rings. The van der Waals surface area contributed by atoms with Crippen molar-refractivity contribution in [2.75, 3.05) is 40.5 Å². The van der Waals surface area contributed by atoms with Gasteiger partial charge in [0.15, 0.2) is 0 Å². The predicted molar refractivity (Wildman–Crippen MR) is 60.9 cm³/mol. The highest BCUT2D eigenvalue weighted by Crippen LogP contribution is 2.14. The number of hydrogen-bond donors (Lipinski definition) is 1. The molecule has 0 aromatic rings. The average Bonchev–Trinajstić information content (AvgIpc) is 2.21. The molecule has 0 saturated carbocycles. The van der Waals surface area contributed by atoms with Crippen molar-refractivity contribution in [3.8, 4) is 0 Å². The first-order valence-electron chi connectivity index (χ1n) is 5.67. The first-order chi connectivity index (χ1) is 7.15. The van der Waals surface area contributed by atoms with Crippen LogP contribution < -0.4 is 5.73 Å². The Balaban J connectivity index is 2.32. The Morgan fingerprint density at radius 3 is 2.93 bits per heavy atom. The Bertz CT molecular complexity index is 178. The molecule has 0 aromatic carbocycles. The number of hydrogen-bond acceptors (Lipinski definition) is 4. The van der Waals surface area contributed by atoms with Gasteiger partial charge in [0.1, 0.15) is 0 Å². The minimum Gasteiger partial charge on any atom is -0.383 e. The van der Waals surface area contributed by atoms with E-state index in [1.165, 1.54) is 0 Å².